The first kappa shape index (κ1) is 16.4. The molecule has 2 heterocycles. The lowest BCUT2D eigenvalue weighted by Gasteiger charge is -2.14. The number of fused-ring (bicyclic) bond motifs is 1. The van der Waals surface area contributed by atoms with Crippen LogP contribution in [-0.4, -0.2) is 27.5 Å². The predicted molar refractivity (Wildman–Crippen MR) is 90.2 cm³/mol. The maximum Gasteiger partial charge on any atom is 0.234 e. The highest BCUT2D eigenvalue weighted by Gasteiger charge is 2.21. The maximum absolute atomic E-state index is 13.6. The van der Waals surface area contributed by atoms with Gasteiger partial charge in [-0.15, -0.1) is 0 Å². The molecule has 0 spiro atoms. The Balaban J connectivity index is 1.81. The number of aliphatic hydroxyl groups excluding tert-OH is 1. The van der Waals surface area contributed by atoms with E-state index in [4.69, 9.17) is 10.8 Å². The molecular formula is C16H15FN4O2S. The van der Waals surface area contributed by atoms with Crippen LogP contribution in [0.25, 0.3) is 10.2 Å². The van der Waals surface area contributed by atoms with Crippen molar-refractivity contribution in [2.45, 2.75) is 12.5 Å². The topological polar surface area (TPSA) is 101 Å². The molecule has 0 radical (unpaired) electrons. The number of nitrogens with one attached hydrogen (secondary N) is 1. The highest BCUT2D eigenvalue weighted by Crippen LogP contribution is 2.27. The minimum Gasteiger partial charge on any atom is -0.392 e. The summed E-state index contributed by atoms with van der Waals surface area (Å²) in [5, 5.41) is 12.1. The molecule has 1 aromatic carbocycles. The van der Waals surface area contributed by atoms with Crippen LogP contribution in [0, 0.1) is 5.82 Å². The van der Waals surface area contributed by atoms with Gasteiger partial charge >= 0.3 is 0 Å². The number of hydrogen-bond acceptors (Lipinski definition) is 6. The van der Waals surface area contributed by atoms with Gasteiger partial charge in [0.25, 0.3) is 0 Å². The largest absolute Gasteiger partial charge is 0.392 e. The van der Waals surface area contributed by atoms with Crippen LogP contribution in [0.3, 0.4) is 0 Å². The molecule has 8 heteroatoms. The van der Waals surface area contributed by atoms with Gasteiger partial charge in [-0.2, -0.15) is 0 Å². The molecule has 4 N–H and O–H groups in total. The summed E-state index contributed by atoms with van der Waals surface area (Å²) < 4.78 is 14.2. The van der Waals surface area contributed by atoms with Crippen molar-refractivity contribution >= 4 is 32.6 Å². The highest BCUT2D eigenvalue weighted by molar-refractivity contribution is 7.22. The zero-order valence-corrected chi connectivity index (χ0v) is 13.4. The first-order valence-corrected chi connectivity index (χ1v) is 8.04. The molecule has 1 atom stereocenters. The predicted octanol–water partition coefficient (Wildman–Crippen LogP) is 2.00. The fourth-order valence-corrected chi connectivity index (χ4v) is 3.17. The number of aromatic nitrogens is 2. The number of rotatable bonds is 5. The third-order valence-corrected chi connectivity index (χ3v) is 4.51. The second-order valence-corrected chi connectivity index (χ2v) is 6.19. The van der Waals surface area contributed by atoms with Crippen LogP contribution in [0.15, 0.2) is 36.7 Å². The van der Waals surface area contributed by atoms with Gasteiger partial charge in [-0.1, -0.05) is 35.6 Å². The zero-order chi connectivity index (χ0) is 17.1. The molecule has 0 aliphatic heterocycles. The smallest absolute Gasteiger partial charge is 0.234 e. The lowest BCUT2D eigenvalue weighted by Crippen LogP contribution is -2.27. The van der Waals surface area contributed by atoms with Gasteiger partial charge in [0, 0.05) is 12.7 Å². The summed E-state index contributed by atoms with van der Waals surface area (Å²) in [5.41, 5.74) is 7.41. The molecule has 0 saturated carbocycles. The lowest BCUT2D eigenvalue weighted by molar-refractivity contribution is -0.117. The number of nitrogens with zero attached hydrogens (tertiary/aromatic N) is 2. The van der Waals surface area contributed by atoms with Crippen LogP contribution in [0.5, 0.6) is 0 Å². The minimum atomic E-state index is -0.562. The van der Waals surface area contributed by atoms with E-state index < -0.39 is 11.7 Å². The zero-order valence-electron chi connectivity index (χ0n) is 12.6. The number of thiazole rings is 1. The summed E-state index contributed by atoms with van der Waals surface area (Å²) in [6.45, 7) is 0.0518. The summed E-state index contributed by atoms with van der Waals surface area (Å²) >= 11 is 1.15. The van der Waals surface area contributed by atoms with Crippen molar-refractivity contribution in [1.29, 1.82) is 0 Å². The molecule has 3 rings (SSSR count). The van der Waals surface area contributed by atoms with Crippen LogP contribution >= 0.6 is 11.3 Å². The van der Waals surface area contributed by atoms with E-state index in [1.54, 1.807) is 24.3 Å². The van der Waals surface area contributed by atoms with Crippen LogP contribution < -0.4 is 11.1 Å². The number of aliphatic hydroxyl groups is 1. The number of carbonyl (C=O) groups excluding carboxylic acids is 1. The molecular weight excluding hydrogens is 331 g/mol. The van der Waals surface area contributed by atoms with Crippen LogP contribution in [0.1, 0.15) is 17.0 Å². The Hall–Kier alpha value is -2.42. The van der Waals surface area contributed by atoms with Gasteiger partial charge in [0.1, 0.15) is 5.52 Å². The van der Waals surface area contributed by atoms with Crippen molar-refractivity contribution in [3.05, 3.63) is 53.6 Å². The van der Waals surface area contributed by atoms with Crippen molar-refractivity contribution in [1.82, 2.24) is 9.97 Å². The fraction of sp³-hybridized carbons (Fsp3) is 0.188. The fourth-order valence-electron chi connectivity index (χ4n) is 2.32. The number of pyridine rings is 1. The summed E-state index contributed by atoms with van der Waals surface area (Å²) in [7, 11) is 0. The van der Waals surface area contributed by atoms with Gasteiger partial charge in [-0.25, -0.2) is 9.37 Å². The molecule has 0 bridgehead atoms. The molecule has 0 aliphatic rings. The number of benzene rings is 1. The highest BCUT2D eigenvalue weighted by atomic mass is 32.1. The van der Waals surface area contributed by atoms with Crippen LogP contribution in [-0.2, 0) is 11.4 Å². The average molecular weight is 346 g/mol. The number of halogens is 1. The van der Waals surface area contributed by atoms with E-state index >= 15 is 0 Å². The minimum absolute atomic E-state index is 0.0644. The normalized spacial score (nSPS) is 12.3. The van der Waals surface area contributed by atoms with Crippen molar-refractivity contribution < 1.29 is 14.3 Å². The molecule has 1 amide bonds. The second-order valence-electron chi connectivity index (χ2n) is 5.16. The van der Waals surface area contributed by atoms with Gasteiger partial charge < -0.3 is 16.2 Å². The monoisotopic (exact) mass is 346 g/mol. The molecule has 0 saturated heterocycles. The Morgan fingerprint density at radius 3 is 2.71 bits per heavy atom. The number of amides is 1. The lowest BCUT2D eigenvalue weighted by atomic mass is 9.97. The van der Waals surface area contributed by atoms with E-state index in [0.717, 1.165) is 28.7 Å². The number of nitrogens with two attached hydrogens (primary N) is 1. The standard InChI is InChI=1S/C16H15FN4O2S/c17-12-6-19-7-13-14(12)20-16(24-13)21-15(23)11(5-18)10-3-1-9(8-22)2-4-10/h1-4,6-7,11,22H,5,8,18H2,(H,20,21,23). The second kappa shape index (κ2) is 7.00. The molecule has 24 heavy (non-hydrogen) atoms. The van der Waals surface area contributed by atoms with E-state index in [2.05, 4.69) is 15.3 Å². The summed E-state index contributed by atoms with van der Waals surface area (Å²) in [5.74, 6) is -1.41. The summed E-state index contributed by atoms with van der Waals surface area (Å²) in [4.78, 5) is 20.3. The van der Waals surface area contributed by atoms with E-state index in [0.29, 0.717) is 9.83 Å². The van der Waals surface area contributed by atoms with Crippen LogP contribution in [0.4, 0.5) is 9.52 Å². The summed E-state index contributed by atoms with van der Waals surface area (Å²) in [6, 6.07) is 6.99. The average Bonchev–Trinajstić information content (AvgIpc) is 3.00. The van der Waals surface area contributed by atoms with Gasteiger partial charge in [-0.3, -0.25) is 9.78 Å². The Bertz CT molecular complexity index is 866. The number of carbonyl (C=O) groups is 1. The Kier molecular flexibility index (Phi) is 4.79. The van der Waals surface area contributed by atoms with Crippen molar-refractivity contribution in [2.24, 2.45) is 5.73 Å². The molecule has 124 valence electrons. The third kappa shape index (κ3) is 3.25. The number of anilines is 1. The molecule has 0 aliphatic carbocycles. The Morgan fingerprint density at radius 2 is 2.08 bits per heavy atom. The van der Waals surface area contributed by atoms with E-state index in [9.17, 15) is 9.18 Å². The van der Waals surface area contributed by atoms with Crippen molar-refractivity contribution in [3.8, 4) is 0 Å². The van der Waals surface area contributed by atoms with Crippen LogP contribution in [0.2, 0.25) is 0 Å². The first-order valence-electron chi connectivity index (χ1n) is 7.23. The van der Waals surface area contributed by atoms with Gasteiger partial charge in [-0.05, 0) is 11.1 Å². The molecule has 2 aromatic heterocycles. The number of hydrogen-bond donors (Lipinski definition) is 3. The SMILES string of the molecule is NCC(C(=O)Nc1nc2c(F)cncc2s1)c1ccc(CO)cc1. The van der Waals surface area contributed by atoms with Gasteiger partial charge in [0.2, 0.25) is 5.91 Å². The van der Waals surface area contributed by atoms with Crippen molar-refractivity contribution in [2.75, 3.05) is 11.9 Å². The van der Waals surface area contributed by atoms with E-state index in [-0.39, 0.29) is 24.6 Å². The molecule has 3 aromatic rings. The Labute approximate surface area is 141 Å². The van der Waals surface area contributed by atoms with Gasteiger partial charge in [0.05, 0.1) is 23.4 Å². The quantitative estimate of drug-likeness (QED) is 0.656. The van der Waals surface area contributed by atoms with E-state index in [1.165, 1.54) is 6.20 Å². The molecule has 1 unspecified atom stereocenters. The van der Waals surface area contributed by atoms with E-state index in [1.807, 2.05) is 0 Å². The third-order valence-electron chi connectivity index (χ3n) is 3.61. The van der Waals surface area contributed by atoms with Crippen molar-refractivity contribution in [3.63, 3.8) is 0 Å². The maximum atomic E-state index is 13.6. The molecule has 0 fully saturated rings. The summed E-state index contributed by atoms with van der Waals surface area (Å²) in [6.07, 6.45) is 2.58. The molecule has 6 nitrogen and oxygen atoms in total. The van der Waals surface area contributed by atoms with Gasteiger partial charge in [0.15, 0.2) is 10.9 Å². The Morgan fingerprint density at radius 1 is 1.33 bits per heavy atom. The first-order chi connectivity index (χ1) is 11.6.